The van der Waals surface area contributed by atoms with Crippen molar-refractivity contribution < 1.29 is 9.53 Å². The van der Waals surface area contributed by atoms with Crippen molar-refractivity contribution in [2.24, 2.45) is 5.92 Å². The highest BCUT2D eigenvalue weighted by molar-refractivity contribution is 5.76. The number of ether oxygens (including phenoxy) is 1. The van der Waals surface area contributed by atoms with Gasteiger partial charge in [-0.2, -0.15) is 5.10 Å². The number of carbonyl (C=O) groups is 1. The molecule has 2 aliphatic rings. The van der Waals surface area contributed by atoms with E-state index in [0.717, 1.165) is 43.2 Å². The maximum absolute atomic E-state index is 13.5. The number of carbonyl (C=O) groups excluding carboxylic acids is 1. The van der Waals surface area contributed by atoms with Crippen LogP contribution in [0.5, 0.6) is 5.75 Å². The highest BCUT2D eigenvalue weighted by Gasteiger charge is 2.30. The van der Waals surface area contributed by atoms with Crippen LogP contribution < -0.4 is 4.74 Å². The van der Waals surface area contributed by atoms with Crippen LogP contribution >= 0.6 is 0 Å². The summed E-state index contributed by atoms with van der Waals surface area (Å²) in [5.74, 6) is 1.61. The van der Waals surface area contributed by atoms with E-state index in [0.29, 0.717) is 18.9 Å². The van der Waals surface area contributed by atoms with Crippen molar-refractivity contribution in [1.82, 2.24) is 19.6 Å². The van der Waals surface area contributed by atoms with Crippen LogP contribution in [0, 0.1) is 5.92 Å². The van der Waals surface area contributed by atoms with Crippen molar-refractivity contribution >= 4 is 5.91 Å². The second-order valence-electron chi connectivity index (χ2n) is 10.9. The Labute approximate surface area is 221 Å². The predicted molar refractivity (Wildman–Crippen MR) is 147 cm³/mol. The van der Waals surface area contributed by atoms with Crippen LogP contribution in [0.3, 0.4) is 0 Å². The van der Waals surface area contributed by atoms with Gasteiger partial charge in [-0.05, 0) is 50.3 Å². The Kier molecular flexibility index (Phi) is 7.94. The zero-order valence-corrected chi connectivity index (χ0v) is 22.5. The van der Waals surface area contributed by atoms with E-state index in [1.165, 1.54) is 42.5 Å². The van der Waals surface area contributed by atoms with Gasteiger partial charge in [0.1, 0.15) is 11.4 Å². The number of hydrogen-bond acceptors (Lipinski definition) is 4. The molecule has 0 bridgehead atoms. The quantitative estimate of drug-likeness (QED) is 0.375. The minimum atomic E-state index is 0.130. The van der Waals surface area contributed by atoms with E-state index in [1.807, 2.05) is 23.1 Å². The maximum Gasteiger partial charge on any atom is 0.223 e. The zero-order chi connectivity index (χ0) is 25.8. The number of amides is 1. The van der Waals surface area contributed by atoms with Gasteiger partial charge < -0.3 is 9.64 Å². The lowest BCUT2D eigenvalue weighted by Crippen LogP contribution is -2.38. The lowest BCUT2D eigenvalue weighted by Gasteiger charge is -2.30. The second kappa shape index (κ2) is 11.5. The molecule has 1 saturated carbocycles. The summed E-state index contributed by atoms with van der Waals surface area (Å²) in [5.41, 5.74) is 5.77. The summed E-state index contributed by atoms with van der Waals surface area (Å²) in [6.45, 7) is 7.50. The fourth-order valence-corrected chi connectivity index (χ4v) is 5.95. The monoisotopic (exact) mass is 500 g/mol. The Morgan fingerprint density at radius 3 is 2.54 bits per heavy atom. The molecule has 2 heterocycles. The number of rotatable bonds is 9. The normalized spacial score (nSPS) is 16.2. The zero-order valence-electron chi connectivity index (χ0n) is 22.5. The molecule has 0 spiro atoms. The summed E-state index contributed by atoms with van der Waals surface area (Å²) in [7, 11) is 1.71. The highest BCUT2D eigenvalue weighted by Crippen LogP contribution is 2.32. The van der Waals surface area contributed by atoms with Crippen molar-refractivity contribution in [2.75, 3.05) is 13.7 Å². The Morgan fingerprint density at radius 2 is 1.81 bits per heavy atom. The molecular formula is C31H40N4O2. The van der Waals surface area contributed by atoms with Gasteiger partial charge in [0.25, 0.3) is 0 Å². The van der Waals surface area contributed by atoms with Gasteiger partial charge in [-0.15, -0.1) is 0 Å². The van der Waals surface area contributed by atoms with Gasteiger partial charge in [-0.3, -0.25) is 9.69 Å². The molecule has 5 rings (SSSR count). The molecule has 196 valence electrons. The van der Waals surface area contributed by atoms with Crippen LogP contribution in [-0.4, -0.2) is 45.2 Å². The first-order valence-electron chi connectivity index (χ1n) is 13.8. The molecule has 1 aliphatic heterocycles. The number of hydrogen-bond donors (Lipinski definition) is 0. The van der Waals surface area contributed by atoms with E-state index >= 15 is 0 Å². The lowest BCUT2D eigenvalue weighted by atomic mass is 10.0. The van der Waals surface area contributed by atoms with Crippen molar-refractivity contribution in [1.29, 1.82) is 0 Å². The number of para-hydroxylation sites is 2. The number of benzene rings is 2. The first-order valence-corrected chi connectivity index (χ1v) is 13.8. The fourth-order valence-electron chi connectivity index (χ4n) is 5.95. The SMILES string of the molecule is COc1ccccc1-n1nc(CN(C(=O)CC2CCCC2)C(C)C)c2c1CCN(Cc1ccccc1)C2. The molecule has 3 aromatic rings. The summed E-state index contributed by atoms with van der Waals surface area (Å²) in [5, 5.41) is 5.16. The third kappa shape index (κ3) is 5.74. The third-order valence-corrected chi connectivity index (χ3v) is 7.98. The average molecular weight is 501 g/mol. The summed E-state index contributed by atoms with van der Waals surface area (Å²) < 4.78 is 7.77. The lowest BCUT2D eigenvalue weighted by molar-refractivity contribution is -0.134. The van der Waals surface area contributed by atoms with Crippen molar-refractivity contribution in [2.45, 2.75) is 78.0 Å². The van der Waals surface area contributed by atoms with Gasteiger partial charge >= 0.3 is 0 Å². The fraction of sp³-hybridized carbons (Fsp3) is 0.484. The van der Waals surface area contributed by atoms with Crippen molar-refractivity contribution in [3.05, 3.63) is 77.1 Å². The van der Waals surface area contributed by atoms with Gasteiger partial charge in [0.05, 0.1) is 25.0 Å². The van der Waals surface area contributed by atoms with E-state index < -0.39 is 0 Å². The Balaban J connectivity index is 1.47. The van der Waals surface area contributed by atoms with Gasteiger partial charge in [-0.25, -0.2) is 4.68 Å². The molecule has 0 N–H and O–H groups in total. The summed E-state index contributed by atoms with van der Waals surface area (Å²) in [4.78, 5) is 18.0. The van der Waals surface area contributed by atoms with Crippen molar-refractivity contribution in [3.63, 3.8) is 0 Å². The minimum Gasteiger partial charge on any atom is -0.494 e. The van der Waals surface area contributed by atoms with Crippen molar-refractivity contribution in [3.8, 4) is 11.4 Å². The highest BCUT2D eigenvalue weighted by atomic mass is 16.5. The number of nitrogens with zero attached hydrogens (tertiary/aromatic N) is 4. The van der Waals surface area contributed by atoms with E-state index in [2.05, 4.69) is 59.8 Å². The Hall–Kier alpha value is -3.12. The molecular weight excluding hydrogens is 460 g/mol. The number of methoxy groups -OCH3 is 1. The molecule has 6 nitrogen and oxygen atoms in total. The van der Waals surface area contributed by atoms with E-state index in [9.17, 15) is 4.79 Å². The molecule has 2 aromatic carbocycles. The number of aromatic nitrogens is 2. The van der Waals surface area contributed by atoms with Crippen LogP contribution in [-0.2, 0) is 30.8 Å². The summed E-state index contributed by atoms with van der Waals surface area (Å²) in [6, 6.07) is 18.9. The van der Waals surface area contributed by atoms with Gasteiger partial charge in [-0.1, -0.05) is 55.3 Å². The standard InChI is InChI=1S/C31H40N4O2/c1-23(2)34(31(36)19-24-11-7-8-12-24)22-27-26-21-33(20-25-13-5-4-6-14-25)18-17-28(26)35(32-27)29-15-9-10-16-30(29)37-3/h4-6,9-10,13-16,23-24H,7-8,11-12,17-22H2,1-3H3. The van der Waals surface area contributed by atoms with Gasteiger partial charge in [0.2, 0.25) is 5.91 Å². The summed E-state index contributed by atoms with van der Waals surface area (Å²) >= 11 is 0. The molecule has 37 heavy (non-hydrogen) atoms. The first-order chi connectivity index (χ1) is 18.0. The maximum atomic E-state index is 13.5. The largest absolute Gasteiger partial charge is 0.494 e. The van der Waals surface area contributed by atoms with Gasteiger partial charge in [0.15, 0.2) is 0 Å². The van der Waals surface area contributed by atoms with E-state index in [-0.39, 0.29) is 11.9 Å². The molecule has 1 amide bonds. The van der Waals surface area contributed by atoms with E-state index in [4.69, 9.17) is 9.84 Å². The molecule has 6 heteroatoms. The molecule has 1 fully saturated rings. The minimum absolute atomic E-state index is 0.130. The van der Waals surface area contributed by atoms with Crippen LogP contribution in [0.2, 0.25) is 0 Å². The average Bonchev–Trinajstić information content (AvgIpc) is 3.55. The molecule has 0 radical (unpaired) electrons. The smallest absolute Gasteiger partial charge is 0.223 e. The molecule has 0 atom stereocenters. The second-order valence-corrected chi connectivity index (χ2v) is 10.9. The van der Waals surface area contributed by atoms with Crippen LogP contribution in [0.4, 0.5) is 0 Å². The topological polar surface area (TPSA) is 50.6 Å². The number of fused-ring (bicyclic) bond motifs is 1. The Bertz CT molecular complexity index is 1200. The van der Waals surface area contributed by atoms with Crippen LogP contribution in [0.25, 0.3) is 5.69 Å². The van der Waals surface area contributed by atoms with Crippen LogP contribution in [0.15, 0.2) is 54.6 Å². The third-order valence-electron chi connectivity index (χ3n) is 7.98. The van der Waals surface area contributed by atoms with E-state index in [1.54, 1.807) is 7.11 Å². The first kappa shape index (κ1) is 25.5. The van der Waals surface area contributed by atoms with Gasteiger partial charge in [0, 0.05) is 44.1 Å². The molecule has 0 unspecified atom stereocenters. The summed E-state index contributed by atoms with van der Waals surface area (Å²) in [6.07, 6.45) is 6.45. The predicted octanol–water partition coefficient (Wildman–Crippen LogP) is 5.76. The van der Waals surface area contributed by atoms with Crippen LogP contribution in [0.1, 0.15) is 68.5 Å². The molecule has 1 aromatic heterocycles. The Morgan fingerprint density at radius 1 is 1.08 bits per heavy atom. The molecule has 1 aliphatic carbocycles. The molecule has 0 saturated heterocycles.